The second-order valence-electron chi connectivity index (χ2n) is 5.25. The molecule has 0 unspecified atom stereocenters. The number of urea groups is 1. The molecule has 1 fully saturated rings. The molecule has 3 rings (SSSR count). The number of amides is 2. The van der Waals surface area contributed by atoms with E-state index in [1.54, 1.807) is 0 Å². The van der Waals surface area contributed by atoms with Crippen molar-refractivity contribution in [2.24, 2.45) is 5.14 Å². The van der Waals surface area contributed by atoms with Crippen LogP contribution in [0.4, 0.5) is 25.0 Å². The summed E-state index contributed by atoms with van der Waals surface area (Å²) in [6.45, 7) is 0.546. The molecule has 2 aromatic rings. The molecule has 0 atom stereocenters. The van der Waals surface area contributed by atoms with Crippen LogP contribution in [-0.2, 0) is 10.0 Å². The van der Waals surface area contributed by atoms with Crippen LogP contribution in [0, 0.1) is 11.6 Å². The van der Waals surface area contributed by atoms with Gasteiger partial charge in [-0.1, -0.05) is 0 Å². The van der Waals surface area contributed by atoms with Crippen molar-refractivity contribution in [2.75, 3.05) is 22.9 Å². The summed E-state index contributed by atoms with van der Waals surface area (Å²) in [4.78, 5) is 15.0. The number of hydrogen-bond acceptors (Lipinski definition) is 3. The van der Waals surface area contributed by atoms with Crippen LogP contribution in [0.2, 0.25) is 0 Å². The highest BCUT2D eigenvalue weighted by molar-refractivity contribution is 7.89. The molecule has 6 nitrogen and oxygen atoms in total. The van der Waals surface area contributed by atoms with Gasteiger partial charge in [-0.05, 0) is 36.4 Å². The molecule has 0 saturated carbocycles. The van der Waals surface area contributed by atoms with Crippen LogP contribution in [0.1, 0.15) is 0 Å². The standard InChI is InChI=1S/C15H13F2N3O3S/c16-10-7-11(17)9-13(8-10)20-6-5-19(15(20)21)12-1-3-14(4-2-12)24(18,22)23/h1-4,7-9H,5-6H2,(H2,18,22,23). The Labute approximate surface area is 137 Å². The minimum absolute atomic E-state index is 0.0676. The number of halogens is 2. The lowest BCUT2D eigenvalue weighted by atomic mass is 10.3. The second-order valence-corrected chi connectivity index (χ2v) is 6.81. The Balaban J connectivity index is 1.86. The quantitative estimate of drug-likeness (QED) is 0.917. The number of primary sulfonamides is 1. The van der Waals surface area contributed by atoms with E-state index in [1.165, 1.54) is 34.1 Å². The topological polar surface area (TPSA) is 83.7 Å². The van der Waals surface area contributed by atoms with Crippen LogP contribution in [0.3, 0.4) is 0 Å². The molecule has 126 valence electrons. The van der Waals surface area contributed by atoms with Crippen molar-refractivity contribution in [1.82, 2.24) is 0 Å². The van der Waals surface area contributed by atoms with Crippen LogP contribution in [0.5, 0.6) is 0 Å². The second kappa shape index (κ2) is 5.84. The Morgan fingerprint density at radius 3 is 1.88 bits per heavy atom. The zero-order chi connectivity index (χ0) is 17.5. The number of sulfonamides is 1. The highest BCUT2D eigenvalue weighted by Crippen LogP contribution is 2.27. The van der Waals surface area contributed by atoms with Gasteiger partial charge in [0.2, 0.25) is 10.0 Å². The maximum Gasteiger partial charge on any atom is 0.329 e. The Hall–Kier alpha value is -2.52. The molecule has 0 spiro atoms. The van der Waals surface area contributed by atoms with Gasteiger partial charge >= 0.3 is 6.03 Å². The molecular formula is C15H13F2N3O3S. The molecule has 0 aromatic heterocycles. The highest BCUT2D eigenvalue weighted by atomic mass is 32.2. The van der Waals surface area contributed by atoms with Gasteiger partial charge < -0.3 is 0 Å². The first-order chi connectivity index (χ1) is 11.3. The number of benzene rings is 2. The van der Waals surface area contributed by atoms with Gasteiger partial charge in [0.25, 0.3) is 0 Å². The Bertz CT molecular complexity index is 880. The average molecular weight is 353 g/mol. The normalized spacial score (nSPS) is 15.2. The number of carbonyl (C=O) groups excluding carboxylic acids is 1. The van der Waals surface area contributed by atoms with Gasteiger partial charge in [0, 0.05) is 24.8 Å². The van der Waals surface area contributed by atoms with Gasteiger partial charge in [-0.15, -0.1) is 0 Å². The van der Waals surface area contributed by atoms with Crippen LogP contribution in [-0.4, -0.2) is 27.5 Å². The molecule has 2 aromatic carbocycles. The number of carbonyl (C=O) groups is 1. The van der Waals surface area contributed by atoms with Gasteiger partial charge in [-0.3, -0.25) is 9.80 Å². The van der Waals surface area contributed by atoms with Crippen LogP contribution < -0.4 is 14.9 Å². The van der Waals surface area contributed by atoms with Crippen LogP contribution >= 0.6 is 0 Å². The molecule has 2 amide bonds. The minimum Gasteiger partial charge on any atom is -0.292 e. The van der Waals surface area contributed by atoms with E-state index in [0.717, 1.165) is 18.2 Å². The van der Waals surface area contributed by atoms with E-state index in [2.05, 4.69) is 0 Å². The first kappa shape index (κ1) is 16.3. The number of rotatable bonds is 3. The van der Waals surface area contributed by atoms with Crippen molar-refractivity contribution < 1.29 is 22.0 Å². The monoisotopic (exact) mass is 353 g/mol. The van der Waals surface area contributed by atoms with E-state index in [4.69, 9.17) is 5.14 Å². The third-order valence-electron chi connectivity index (χ3n) is 3.64. The molecule has 2 N–H and O–H groups in total. The minimum atomic E-state index is -3.82. The summed E-state index contributed by atoms with van der Waals surface area (Å²) in [7, 11) is -3.82. The van der Waals surface area contributed by atoms with Crippen molar-refractivity contribution in [3.63, 3.8) is 0 Å². The molecule has 1 aliphatic rings. The van der Waals surface area contributed by atoms with E-state index >= 15 is 0 Å². The number of nitrogens with zero attached hydrogens (tertiary/aromatic N) is 2. The zero-order valence-corrected chi connectivity index (χ0v) is 13.1. The maximum atomic E-state index is 13.3. The third kappa shape index (κ3) is 3.08. The summed E-state index contributed by atoms with van der Waals surface area (Å²) in [6, 6.07) is 7.92. The predicted molar refractivity (Wildman–Crippen MR) is 84.3 cm³/mol. The fourth-order valence-corrected chi connectivity index (χ4v) is 3.04. The molecule has 24 heavy (non-hydrogen) atoms. The number of anilines is 2. The van der Waals surface area contributed by atoms with Gasteiger partial charge in [0.15, 0.2) is 0 Å². The van der Waals surface area contributed by atoms with E-state index in [9.17, 15) is 22.0 Å². The number of nitrogens with two attached hydrogens (primary N) is 1. The molecule has 9 heteroatoms. The Morgan fingerprint density at radius 1 is 0.875 bits per heavy atom. The van der Waals surface area contributed by atoms with Crippen LogP contribution in [0.15, 0.2) is 47.4 Å². The van der Waals surface area contributed by atoms with E-state index in [-0.39, 0.29) is 17.1 Å². The Kier molecular flexibility index (Phi) is 3.98. The summed E-state index contributed by atoms with van der Waals surface area (Å²) in [5, 5.41) is 5.03. The highest BCUT2D eigenvalue weighted by Gasteiger charge is 2.31. The fraction of sp³-hybridized carbons (Fsp3) is 0.133. The largest absolute Gasteiger partial charge is 0.329 e. The lowest BCUT2D eigenvalue weighted by Crippen LogP contribution is -2.31. The van der Waals surface area contributed by atoms with Crippen molar-refractivity contribution in [3.8, 4) is 0 Å². The van der Waals surface area contributed by atoms with E-state index < -0.39 is 27.7 Å². The van der Waals surface area contributed by atoms with Gasteiger partial charge in [-0.2, -0.15) is 0 Å². The lowest BCUT2D eigenvalue weighted by molar-refractivity contribution is 0.256. The summed E-state index contributed by atoms with van der Waals surface area (Å²) in [5.74, 6) is -1.54. The van der Waals surface area contributed by atoms with Crippen LogP contribution in [0.25, 0.3) is 0 Å². The fourth-order valence-electron chi connectivity index (χ4n) is 2.53. The third-order valence-corrected chi connectivity index (χ3v) is 4.57. The van der Waals surface area contributed by atoms with Crippen molar-refractivity contribution in [2.45, 2.75) is 4.90 Å². The molecule has 0 aliphatic carbocycles. The van der Waals surface area contributed by atoms with E-state index in [0.29, 0.717) is 12.2 Å². The average Bonchev–Trinajstić information content (AvgIpc) is 2.87. The van der Waals surface area contributed by atoms with Crippen molar-refractivity contribution >= 4 is 27.4 Å². The maximum absolute atomic E-state index is 13.3. The molecule has 0 bridgehead atoms. The summed E-state index contributed by atoms with van der Waals surface area (Å²) >= 11 is 0. The SMILES string of the molecule is NS(=O)(=O)c1ccc(N2CCN(c3cc(F)cc(F)c3)C2=O)cc1. The summed E-state index contributed by atoms with van der Waals surface area (Å²) in [5.41, 5.74) is 0.591. The van der Waals surface area contributed by atoms with Gasteiger partial charge in [0.05, 0.1) is 10.6 Å². The molecular weight excluding hydrogens is 340 g/mol. The van der Waals surface area contributed by atoms with Crippen molar-refractivity contribution in [3.05, 3.63) is 54.1 Å². The molecule has 1 aliphatic heterocycles. The first-order valence-electron chi connectivity index (χ1n) is 6.94. The van der Waals surface area contributed by atoms with Gasteiger partial charge in [-0.25, -0.2) is 27.1 Å². The smallest absolute Gasteiger partial charge is 0.292 e. The molecule has 1 heterocycles. The lowest BCUT2D eigenvalue weighted by Gasteiger charge is -2.19. The zero-order valence-electron chi connectivity index (χ0n) is 12.3. The van der Waals surface area contributed by atoms with Crippen molar-refractivity contribution in [1.29, 1.82) is 0 Å². The molecule has 1 saturated heterocycles. The summed E-state index contributed by atoms with van der Waals surface area (Å²) < 4.78 is 49.1. The van der Waals surface area contributed by atoms with Gasteiger partial charge in [0.1, 0.15) is 11.6 Å². The first-order valence-corrected chi connectivity index (χ1v) is 8.48. The molecule has 0 radical (unpaired) electrons. The number of hydrogen-bond donors (Lipinski definition) is 1. The Morgan fingerprint density at radius 2 is 1.38 bits per heavy atom. The van der Waals surface area contributed by atoms with E-state index in [1.807, 2.05) is 0 Å². The predicted octanol–water partition coefficient (Wildman–Crippen LogP) is 2.06. The summed E-state index contributed by atoms with van der Waals surface area (Å²) in [6.07, 6.45) is 0.